The summed E-state index contributed by atoms with van der Waals surface area (Å²) in [6.45, 7) is 6.44. The normalized spacial score (nSPS) is 32.9. The Morgan fingerprint density at radius 1 is 1.11 bits per heavy atom. The van der Waals surface area contributed by atoms with Crippen LogP contribution in [0.1, 0.15) is 58.1 Å². The Labute approximate surface area is 270 Å². The average Bonchev–Trinajstić information content (AvgIpc) is 3.42. The molecule has 0 saturated carbocycles. The van der Waals surface area contributed by atoms with Crippen LogP contribution < -0.4 is 5.32 Å². The molecule has 250 valence electrons. The van der Waals surface area contributed by atoms with Crippen LogP contribution in [0.25, 0.3) is 0 Å². The molecule has 4 aliphatic heterocycles. The Morgan fingerprint density at radius 3 is 2.54 bits per heavy atom. The van der Waals surface area contributed by atoms with E-state index in [4.69, 9.17) is 14.2 Å². The van der Waals surface area contributed by atoms with Crippen molar-refractivity contribution in [3.05, 3.63) is 60.2 Å². The van der Waals surface area contributed by atoms with Crippen molar-refractivity contribution in [1.82, 2.24) is 15.1 Å². The van der Waals surface area contributed by atoms with Crippen LogP contribution in [-0.4, -0.2) is 102 Å². The van der Waals surface area contributed by atoms with E-state index in [1.165, 1.54) is 12.0 Å². The second-order valence-electron chi connectivity index (χ2n) is 13.0. The highest BCUT2D eigenvalue weighted by atomic mass is 16.6. The van der Waals surface area contributed by atoms with Gasteiger partial charge in [-0.15, -0.1) is 0 Å². The van der Waals surface area contributed by atoms with Crippen molar-refractivity contribution in [3.8, 4) is 0 Å². The van der Waals surface area contributed by atoms with Crippen LogP contribution in [0.5, 0.6) is 0 Å². The number of ether oxygens (including phenoxy) is 3. The van der Waals surface area contributed by atoms with E-state index in [2.05, 4.69) is 12.2 Å². The van der Waals surface area contributed by atoms with Gasteiger partial charge in [-0.05, 0) is 24.3 Å². The molecule has 0 bridgehead atoms. The number of carbonyl (C=O) groups is 4. The van der Waals surface area contributed by atoms with Crippen LogP contribution >= 0.6 is 0 Å². The first-order valence-corrected chi connectivity index (χ1v) is 16.5. The second kappa shape index (κ2) is 14.5. The summed E-state index contributed by atoms with van der Waals surface area (Å²) in [5.41, 5.74) is -0.803. The molecule has 46 heavy (non-hydrogen) atoms. The zero-order valence-electron chi connectivity index (χ0n) is 27.2. The lowest BCUT2D eigenvalue weighted by molar-refractivity contribution is -0.163. The number of allylic oxidation sites excluding steroid dienone is 1. The maximum Gasteiger partial charge on any atom is 0.313 e. The van der Waals surface area contributed by atoms with Crippen LogP contribution in [0, 0.1) is 17.8 Å². The van der Waals surface area contributed by atoms with Crippen LogP contribution in [0.3, 0.4) is 0 Å². The summed E-state index contributed by atoms with van der Waals surface area (Å²) in [6.07, 6.45) is 7.58. The van der Waals surface area contributed by atoms with Crippen molar-refractivity contribution in [2.75, 3.05) is 33.4 Å². The number of aliphatic hydroxyl groups is 1. The van der Waals surface area contributed by atoms with Gasteiger partial charge in [0.2, 0.25) is 17.7 Å². The first-order chi connectivity index (χ1) is 22.2. The summed E-state index contributed by atoms with van der Waals surface area (Å²) in [6, 6.07) is 6.68. The summed E-state index contributed by atoms with van der Waals surface area (Å²) in [4.78, 5) is 59.8. The predicted octanol–water partition coefficient (Wildman–Crippen LogP) is 2.55. The monoisotopic (exact) mass is 637 g/mol. The highest BCUT2D eigenvalue weighted by Gasteiger charge is 2.72. The van der Waals surface area contributed by atoms with Gasteiger partial charge in [-0.1, -0.05) is 81.8 Å². The van der Waals surface area contributed by atoms with Gasteiger partial charge in [0, 0.05) is 26.6 Å². The lowest BCUT2D eigenvalue weighted by atomic mass is 9.77. The Hall–Kier alpha value is -3.54. The Kier molecular flexibility index (Phi) is 10.6. The molecule has 1 aromatic carbocycles. The number of unbranched alkanes of at least 4 members (excludes halogenated alkanes) is 1. The molecule has 0 aliphatic carbocycles. The smallest absolute Gasteiger partial charge is 0.313 e. The third-order valence-corrected chi connectivity index (χ3v) is 9.68. The highest BCUT2D eigenvalue weighted by Crippen LogP contribution is 2.54. The van der Waals surface area contributed by atoms with Gasteiger partial charge in [0.05, 0.1) is 37.3 Å². The quantitative estimate of drug-likeness (QED) is 0.312. The topological polar surface area (TPSA) is 135 Å². The summed E-state index contributed by atoms with van der Waals surface area (Å²) >= 11 is 0. The zero-order chi connectivity index (χ0) is 33.0. The van der Waals surface area contributed by atoms with Crippen molar-refractivity contribution < 1.29 is 38.5 Å². The Bertz CT molecular complexity index is 1330. The molecule has 0 unspecified atom stereocenters. The molecule has 1 spiro atoms. The third kappa shape index (κ3) is 6.24. The number of rotatable bonds is 9. The summed E-state index contributed by atoms with van der Waals surface area (Å²) in [7, 11) is 1.51. The number of nitrogens with one attached hydrogen (secondary N) is 1. The molecule has 2 fully saturated rings. The molecule has 4 heterocycles. The predicted molar refractivity (Wildman–Crippen MR) is 169 cm³/mol. The van der Waals surface area contributed by atoms with E-state index < -0.39 is 59.6 Å². The molecule has 2 N–H and O–H groups in total. The number of amides is 3. The SMILES string of the molecule is CCCCN1CC=C[C@@]23O[C@H]4/C=C\CCC(=O)N[C@@H](COC)[C@H](c5ccccc5)OC(=O)[C@H]4[C@@H]2C(=O)N([C@@H](CO)C(C)C)[C@H]3C1=O. The number of methoxy groups -OCH3 is 1. The number of aliphatic hydroxyl groups excluding tert-OH is 1. The van der Waals surface area contributed by atoms with Crippen LogP contribution in [0.2, 0.25) is 0 Å². The Morgan fingerprint density at radius 2 is 1.87 bits per heavy atom. The lowest BCUT2D eigenvalue weighted by Crippen LogP contribution is -2.59. The van der Waals surface area contributed by atoms with Crippen molar-refractivity contribution >= 4 is 23.7 Å². The Balaban J connectivity index is 1.63. The van der Waals surface area contributed by atoms with Gasteiger partial charge >= 0.3 is 5.97 Å². The number of carbonyl (C=O) groups excluding carboxylic acids is 4. The molecule has 2 saturated heterocycles. The van der Waals surface area contributed by atoms with E-state index in [0.717, 1.165) is 12.8 Å². The third-order valence-electron chi connectivity index (χ3n) is 9.68. The molecule has 0 aromatic heterocycles. The van der Waals surface area contributed by atoms with Crippen molar-refractivity contribution in [2.45, 2.75) is 82.4 Å². The van der Waals surface area contributed by atoms with Crippen LogP contribution in [-0.2, 0) is 33.4 Å². The van der Waals surface area contributed by atoms with E-state index in [1.807, 2.05) is 50.3 Å². The minimum absolute atomic E-state index is 0.0819. The van der Waals surface area contributed by atoms with Gasteiger partial charge < -0.3 is 34.4 Å². The molecule has 5 rings (SSSR count). The van der Waals surface area contributed by atoms with Gasteiger partial charge in [0.25, 0.3) is 0 Å². The maximum absolute atomic E-state index is 14.7. The highest BCUT2D eigenvalue weighted by molar-refractivity contribution is 5.99. The maximum atomic E-state index is 14.7. The number of hydrogen-bond donors (Lipinski definition) is 2. The standard InChI is InChI=1S/C35H47N3O8/c1-5-6-18-37-19-12-17-35-29(32(41)38(31(35)33(37)42)25(20-39)22(2)3)28-26(46-35)15-10-11-16-27(40)36-24(21-44-4)30(45-34(28)43)23-13-8-7-9-14-23/h7-10,12-15,17,22,24-26,28-31,39H,5-6,11,16,18-21H2,1-4H3,(H,36,40)/b15-10-/t24-,25-,26-,28+,29+,30-,31-,35+/m0/s1. The first-order valence-electron chi connectivity index (χ1n) is 16.5. The van der Waals surface area contributed by atoms with Crippen molar-refractivity contribution in [1.29, 1.82) is 0 Å². The van der Waals surface area contributed by atoms with E-state index in [1.54, 1.807) is 23.1 Å². The van der Waals surface area contributed by atoms with E-state index in [9.17, 15) is 24.3 Å². The average molecular weight is 638 g/mol. The number of hydrogen-bond acceptors (Lipinski definition) is 8. The van der Waals surface area contributed by atoms with Crippen LogP contribution in [0.15, 0.2) is 54.6 Å². The van der Waals surface area contributed by atoms with Crippen LogP contribution in [0.4, 0.5) is 0 Å². The van der Waals surface area contributed by atoms with E-state index >= 15 is 0 Å². The fourth-order valence-corrected chi connectivity index (χ4v) is 7.40. The number of nitrogens with zero attached hydrogens (tertiary/aromatic N) is 2. The van der Waals surface area contributed by atoms with Gasteiger partial charge in [-0.3, -0.25) is 19.2 Å². The molecular weight excluding hydrogens is 590 g/mol. The van der Waals surface area contributed by atoms with Gasteiger partial charge in [0.15, 0.2) is 0 Å². The molecule has 11 heteroatoms. The number of esters is 1. The largest absolute Gasteiger partial charge is 0.455 e. The summed E-state index contributed by atoms with van der Waals surface area (Å²) in [5.74, 6) is -3.92. The second-order valence-corrected chi connectivity index (χ2v) is 13.0. The van der Waals surface area contributed by atoms with Gasteiger partial charge in [-0.25, -0.2) is 0 Å². The summed E-state index contributed by atoms with van der Waals surface area (Å²) in [5, 5.41) is 13.5. The minimum Gasteiger partial charge on any atom is -0.455 e. The number of cyclic esters (lactones) is 1. The minimum atomic E-state index is -1.46. The molecule has 1 aromatic rings. The summed E-state index contributed by atoms with van der Waals surface area (Å²) < 4.78 is 18.5. The fourth-order valence-electron chi connectivity index (χ4n) is 7.40. The van der Waals surface area contributed by atoms with Gasteiger partial charge in [-0.2, -0.15) is 0 Å². The molecule has 3 amide bonds. The van der Waals surface area contributed by atoms with Crippen molar-refractivity contribution in [2.24, 2.45) is 17.8 Å². The number of likely N-dealkylation sites (tertiary alicyclic amines) is 1. The molecule has 11 nitrogen and oxygen atoms in total. The first kappa shape index (κ1) is 33.8. The molecule has 4 aliphatic rings. The van der Waals surface area contributed by atoms with Gasteiger partial charge in [0.1, 0.15) is 23.7 Å². The number of benzene rings is 1. The lowest BCUT2D eigenvalue weighted by Gasteiger charge is -2.39. The van der Waals surface area contributed by atoms with E-state index in [0.29, 0.717) is 25.1 Å². The zero-order valence-corrected chi connectivity index (χ0v) is 27.2. The molecule has 8 atom stereocenters. The molecular formula is C35H47N3O8. The van der Waals surface area contributed by atoms with E-state index in [-0.39, 0.29) is 37.4 Å². The fraction of sp³-hybridized carbons (Fsp3) is 0.600. The van der Waals surface area contributed by atoms with Crippen molar-refractivity contribution in [3.63, 3.8) is 0 Å². The number of fused-ring (bicyclic) bond motifs is 2. The molecule has 0 radical (unpaired) electrons.